The monoisotopic (exact) mass is 454 g/mol. The molecule has 0 spiro atoms. The van der Waals surface area contributed by atoms with Gasteiger partial charge in [0.05, 0.1) is 0 Å². The average Bonchev–Trinajstić information content (AvgIpc) is 3.34. The quantitative estimate of drug-likeness (QED) is 0.212. The maximum atomic E-state index is 13.1. The molecule has 3 heteroatoms. The Morgan fingerprint density at radius 3 is 2.00 bits per heavy atom. The van der Waals surface area contributed by atoms with Crippen molar-refractivity contribution in [3.05, 3.63) is 97.9 Å². The van der Waals surface area contributed by atoms with Crippen LogP contribution in [0.2, 0.25) is 0 Å². The normalized spacial score (nSPS) is 16.0. The average molecular weight is 453 g/mol. The summed E-state index contributed by atoms with van der Waals surface area (Å²) in [6.45, 7) is 4.54. The first kappa shape index (κ1) is 17.8. The summed E-state index contributed by atoms with van der Waals surface area (Å²) in [5.74, 6) is -0.298. The third-order valence-electron chi connectivity index (χ3n) is 6.36. The first-order valence-electron chi connectivity index (χ1n) is 10.0. The van der Waals surface area contributed by atoms with E-state index in [2.05, 4.69) is 44.2 Å². The summed E-state index contributed by atoms with van der Waals surface area (Å²) < 4.78 is 2.54. The van der Waals surface area contributed by atoms with Gasteiger partial charge < -0.3 is 0 Å². The standard InChI is InChI=1S/C27H18O2Se/c1-27(2)23-10-6-5-9-18(23)21-13-17(30-26(21)27)14-22-24(28)19-11-15-7-3-4-8-16(15)12-20(19)25(22)29/h3-14H,1-2H3. The van der Waals surface area contributed by atoms with E-state index in [0.29, 0.717) is 16.7 Å². The Hall–Kier alpha value is -3.00. The number of ketones is 2. The van der Waals surface area contributed by atoms with Crippen LogP contribution in [0.15, 0.2) is 72.3 Å². The number of hydrogen-bond acceptors (Lipinski definition) is 2. The van der Waals surface area contributed by atoms with Crippen molar-refractivity contribution in [2.75, 3.05) is 0 Å². The molecule has 4 aromatic rings. The Labute approximate surface area is 180 Å². The van der Waals surface area contributed by atoms with Crippen molar-refractivity contribution in [3.8, 4) is 11.1 Å². The summed E-state index contributed by atoms with van der Waals surface area (Å²) in [5, 5.41) is 1.98. The van der Waals surface area contributed by atoms with Crippen LogP contribution in [-0.2, 0) is 5.41 Å². The summed E-state index contributed by atoms with van der Waals surface area (Å²) in [6.07, 6.45) is 1.85. The fourth-order valence-corrected chi connectivity index (χ4v) is 7.40. The number of allylic oxidation sites excluding steroid dienone is 1. The van der Waals surface area contributed by atoms with Gasteiger partial charge in [0, 0.05) is 0 Å². The van der Waals surface area contributed by atoms with Gasteiger partial charge in [0.2, 0.25) is 0 Å². The molecular formula is C27H18O2Se. The Morgan fingerprint density at radius 2 is 1.33 bits per heavy atom. The maximum absolute atomic E-state index is 13.1. The number of hydrogen-bond donors (Lipinski definition) is 0. The van der Waals surface area contributed by atoms with E-state index >= 15 is 0 Å². The van der Waals surface area contributed by atoms with Gasteiger partial charge in [0.15, 0.2) is 0 Å². The van der Waals surface area contributed by atoms with E-state index < -0.39 is 0 Å². The number of fused-ring (bicyclic) bond motifs is 5. The predicted molar refractivity (Wildman–Crippen MR) is 122 cm³/mol. The Balaban J connectivity index is 1.47. The van der Waals surface area contributed by atoms with Crippen molar-refractivity contribution in [2.24, 2.45) is 0 Å². The van der Waals surface area contributed by atoms with Gasteiger partial charge >= 0.3 is 181 Å². The molecule has 2 nitrogen and oxygen atoms in total. The van der Waals surface area contributed by atoms with E-state index in [0.717, 1.165) is 15.2 Å². The second-order valence-corrected chi connectivity index (χ2v) is 10.8. The van der Waals surface area contributed by atoms with Crippen molar-refractivity contribution in [3.63, 3.8) is 0 Å². The van der Waals surface area contributed by atoms with Gasteiger partial charge in [-0.2, -0.15) is 0 Å². The number of carbonyl (C=O) groups excluding carboxylic acids is 2. The summed E-state index contributed by atoms with van der Waals surface area (Å²) in [7, 11) is 0. The molecule has 0 radical (unpaired) electrons. The molecular weight excluding hydrogens is 435 g/mol. The second-order valence-electron chi connectivity index (χ2n) is 8.52. The van der Waals surface area contributed by atoms with Gasteiger partial charge in [-0.25, -0.2) is 0 Å². The molecule has 6 rings (SSSR count). The second kappa shape index (κ2) is 6.01. The van der Waals surface area contributed by atoms with E-state index in [9.17, 15) is 9.59 Å². The van der Waals surface area contributed by atoms with Crippen LogP contribution in [0.1, 0.15) is 49.0 Å². The summed E-state index contributed by atoms with van der Waals surface area (Å²) in [6, 6.07) is 22.3. The van der Waals surface area contributed by atoms with Gasteiger partial charge in [-0.05, 0) is 0 Å². The molecule has 0 bridgehead atoms. The Bertz CT molecular complexity index is 1390. The predicted octanol–water partition coefficient (Wildman–Crippen LogP) is 5.67. The van der Waals surface area contributed by atoms with Crippen molar-refractivity contribution in [1.29, 1.82) is 0 Å². The molecule has 1 aromatic heterocycles. The molecule has 0 aliphatic heterocycles. The molecule has 0 saturated carbocycles. The van der Waals surface area contributed by atoms with Gasteiger partial charge in [-0.3, -0.25) is 0 Å². The molecule has 0 saturated heterocycles. The fourth-order valence-electron chi connectivity index (χ4n) is 4.81. The molecule has 0 amide bonds. The van der Waals surface area contributed by atoms with Gasteiger partial charge in [-0.1, -0.05) is 0 Å². The summed E-state index contributed by atoms with van der Waals surface area (Å²) >= 11 is 0.102. The van der Waals surface area contributed by atoms with Crippen LogP contribution in [-0.4, -0.2) is 26.1 Å². The third-order valence-corrected chi connectivity index (χ3v) is 9.31. The van der Waals surface area contributed by atoms with Crippen molar-refractivity contribution < 1.29 is 9.59 Å². The number of Topliss-reactive ketones (excluding diaryl/α,β-unsaturated/α-hetero) is 2. The van der Waals surface area contributed by atoms with E-state index in [1.54, 1.807) is 0 Å². The van der Waals surface area contributed by atoms with E-state index in [1.807, 2.05) is 42.5 Å². The van der Waals surface area contributed by atoms with Crippen LogP contribution in [0.25, 0.3) is 28.0 Å². The third kappa shape index (κ3) is 2.31. The van der Waals surface area contributed by atoms with Crippen LogP contribution >= 0.6 is 0 Å². The molecule has 30 heavy (non-hydrogen) atoms. The SMILES string of the molecule is CC1(C)c2ccccc2-c2cc(C=C3C(=O)c4cc5ccccc5cc4C3=O)[se]c21. The van der Waals surface area contributed by atoms with Crippen LogP contribution in [0.3, 0.4) is 0 Å². The topological polar surface area (TPSA) is 34.1 Å². The zero-order chi connectivity index (χ0) is 20.6. The molecule has 3 aromatic carbocycles. The molecule has 1 heterocycles. The number of carbonyl (C=O) groups is 2. The molecule has 2 aliphatic carbocycles. The van der Waals surface area contributed by atoms with Crippen LogP contribution in [0.5, 0.6) is 0 Å². The Morgan fingerprint density at radius 1 is 0.733 bits per heavy atom. The molecule has 0 N–H and O–H groups in total. The molecule has 144 valence electrons. The number of rotatable bonds is 1. The zero-order valence-corrected chi connectivity index (χ0v) is 18.4. The number of benzene rings is 3. The van der Waals surface area contributed by atoms with Crippen LogP contribution < -0.4 is 0 Å². The van der Waals surface area contributed by atoms with Crippen molar-refractivity contribution in [2.45, 2.75) is 19.3 Å². The van der Waals surface area contributed by atoms with Crippen LogP contribution in [0.4, 0.5) is 0 Å². The first-order valence-corrected chi connectivity index (χ1v) is 11.7. The molecule has 0 unspecified atom stereocenters. The van der Waals surface area contributed by atoms with Gasteiger partial charge in [-0.15, -0.1) is 0 Å². The minimum atomic E-state index is -0.149. The van der Waals surface area contributed by atoms with Crippen molar-refractivity contribution in [1.82, 2.24) is 0 Å². The summed E-state index contributed by atoms with van der Waals surface area (Å²) in [5.41, 5.74) is 5.29. The summed E-state index contributed by atoms with van der Waals surface area (Å²) in [4.78, 5) is 26.2. The fraction of sp³-hybridized carbons (Fsp3) is 0.111. The molecule has 2 aliphatic rings. The first-order chi connectivity index (χ1) is 14.4. The van der Waals surface area contributed by atoms with Gasteiger partial charge in [0.1, 0.15) is 0 Å². The zero-order valence-electron chi connectivity index (χ0n) is 16.7. The molecule has 0 fully saturated rings. The Kier molecular flexibility index (Phi) is 3.57. The van der Waals surface area contributed by atoms with Crippen LogP contribution in [0, 0.1) is 0 Å². The van der Waals surface area contributed by atoms with E-state index in [-0.39, 0.29) is 31.5 Å². The van der Waals surface area contributed by atoms with Crippen molar-refractivity contribution >= 4 is 42.9 Å². The molecule has 0 atom stereocenters. The minimum absolute atomic E-state index is 0.00688. The van der Waals surface area contributed by atoms with E-state index in [1.165, 1.54) is 21.1 Å². The van der Waals surface area contributed by atoms with E-state index in [4.69, 9.17) is 0 Å². The van der Waals surface area contributed by atoms with Gasteiger partial charge in [0.25, 0.3) is 0 Å².